The van der Waals surface area contributed by atoms with Crippen LogP contribution >= 0.6 is 0 Å². The molecular weight excluding hydrogens is 333 g/mol. The molecule has 26 heavy (non-hydrogen) atoms. The van der Waals surface area contributed by atoms with Gasteiger partial charge in [0.05, 0.1) is 19.0 Å². The van der Waals surface area contributed by atoms with Crippen LogP contribution in [0, 0.1) is 5.82 Å². The molecule has 1 N–H and O–H groups in total. The summed E-state index contributed by atoms with van der Waals surface area (Å²) < 4.78 is 26.3. The van der Waals surface area contributed by atoms with Crippen LogP contribution < -0.4 is 14.8 Å². The second-order valence-electron chi connectivity index (χ2n) is 6.31. The summed E-state index contributed by atoms with van der Waals surface area (Å²) in [6.45, 7) is 1.26. The SMILES string of the molecule is COc1cccc2c1OCC(NCc1cnn(-c3cccc(F)c3)c1)C2. The number of para-hydroxylation sites is 1. The van der Waals surface area contributed by atoms with E-state index in [0.717, 1.165) is 29.0 Å². The van der Waals surface area contributed by atoms with E-state index in [1.165, 1.54) is 12.1 Å². The minimum Gasteiger partial charge on any atom is -0.493 e. The molecule has 0 saturated heterocycles. The number of halogens is 1. The van der Waals surface area contributed by atoms with Gasteiger partial charge >= 0.3 is 0 Å². The van der Waals surface area contributed by atoms with E-state index in [-0.39, 0.29) is 11.9 Å². The van der Waals surface area contributed by atoms with Crippen LogP contribution in [0.2, 0.25) is 0 Å². The Labute approximate surface area is 151 Å². The molecule has 3 aromatic rings. The fourth-order valence-corrected chi connectivity index (χ4v) is 3.16. The quantitative estimate of drug-likeness (QED) is 0.766. The van der Waals surface area contributed by atoms with Gasteiger partial charge < -0.3 is 14.8 Å². The highest BCUT2D eigenvalue weighted by atomic mass is 19.1. The molecule has 1 atom stereocenters. The maximum Gasteiger partial charge on any atom is 0.164 e. The Morgan fingerprint density at radius 1 is 1.31 bits per heavy atom. The maximum absolute atomic E-state index is 13.3. The number of nitrogens with zero attached hydrogens (tertiary/aromatic N) is 2. The van der Waals surface area contributed by atoms with Crippen molar-refractivity contribution >= 4 is 0 Å². The van der Waals surface area contributed by atoms with Crippen LogP contribution in [0.15, 0.2) is 54.9 Å². The molecular formula is C20H20FN3O2. The smallest absolute Gasteiger partial charge is 0.164 e. The third-order valence-electron chi connectivity index (χ3n) is 4.48. The molecule has 1 aliphatic heterocycles. The third-order valence-corrected chi connectivity index (χ3v) is 4.48. The lowest BCUT2D eigenvalue weighted by molar-refractivity contribution is 0.226. The Bertz CT molecular complexity index is 910. The zero-order chi connectivity index (χ0) is 17.9. The standard InChI is InChI=1S/C20H20FN3O2/c1-25-19-7-2-4-15-8-17(13-26-20(15)19)22-10-14-11-23-24(12-14)18-6-3-5-16(21)9-18/h2-7,9,11-12,17,22H,8,10,13H2,1H3. The van der Waals surface area contributed by atoms with Gasteiger partial charge in [-0.3, -0.25) is 0 Å². The molecule has 0 bridgehead atoms. The van der Waals surface area contributed by atoms with Crippen molar-refractivity contribution in [2.75, 3.05) is 13.7 Å². The Morgan fingerprint density at radius 3 is 3.04 bits per heavy atom. The highest BCUT2D eigenvalue weighted by Crippen LogP contribution is 2.34. The first-order valence-electron chi connectivity index (χ1n) is 8.54. The molecule has 0 aliphatic carbocycles. The molecule has 134 valence electrons. The molecule has 0 amide bonds. The highest BCUT2D eigenvalue weighted by Gasteiger charge is 2.22. The molecule has 4 rings (SSSR count). The minimum atomic E-state index is -0.272. The van der Waals surface area contributed by atoms with Crippen LogP contribution in [-0.4, -0.2) is 29.5 Å². The zero-order valence-corrected chi connectivity index (χ0v) is 14.5. The molecule has 0 saturated carbocycles. The first-order chi connectivity index (χ1) is 12.7. The first-order valence-corrected chi connectivity index (χ1v) is 8.54. The van der Waals surface area contributed by atoms with E-state index >= 15 is 0 Å². The molecule has 1 aromatic heterocycles. The summed E-state index contributed by atoms with van der Waals surface area (Å²) in [5.41, 5.74) is 2.88. The van der Waals surface area contributed by atoms with Crippen molar-refractivity contribution in [3.05, 3.63) is 71.8 Å². The molecule has 0 radical (unpaired) electrons. The topological polar surface area (TPSA) is 48.3 Å². The van der Waals surface area contributed by atoms with Crippen LogP contribution in [0.5, 0.6) is 11.5 Å². The number of hydrogen-bond acceptors (Lipinski definition) is 4. The molecule has 5 nitrogen and oxygen atoms in total. The average Bonchev–Trinajstić information content (AvgIpc) is 3.15. The van der Waals surface area contributed by atoms with Crippen molar-refractivity contribution in [3.8, 4) is 17.2 Å². The van der Waals surface area contributed by atoms with E-state index in [2.05, 4.69) is 16.5 Å². The maximum atomic E-state index is 13.3. The Hall–Kier alpha value is -2.86. The van der Waals surface area contributed by atoms with Gasteiger partial charge in [-0.05, 0) is 36.2 Å². The van der Waals surface area contributed by atoms with Crippen molar-refractivity contribution in [1.82, 2.24) is 15.1 Å². The fraction of sp³-hybridized carbons (Fsp3) is 0.250. The number of nitrogens with one attached hydrogen (secondary N) is 1. The number of aromatic nitrogens is 2. The van der Waals surface area contributed by atoms with Gasteiger partial charge in [0.25, 0.3) is 0 Å². The fourth-order valence-electron chi connectivity index (χ4n) is 3.16. The van der Waals surface area contributed by atoms with Gasteiger partial charge in [-0.1, -0.05) is 18.2 Å². The highest BCUT2D eigenvalue weighted by molar-refractivity contribution is 5.48. The average molecular weight is 353 g/mol. The van der Waals surface area contributed by atoms with Crippen molar-refractivity contribution < 1.29 is 13.9 Å². The van der Waals surface area contributed by atoms with Crippen LogP contribution in [0.1, 0.15) is 11.1 Å². The lowest BCUT2D eigenvalue weighted by Crippen LogP contribution is -2.38. The van der Waals surface area contributed by atoms with Crippen LogP contribution in [0.25, 0.3) is 5.69 Å². The van der Waals surface area contributed by atoms with E-state index in [0.29, 0.717) is 18.8 Å². The van der Waals surface area contributed by atoms with E-state index < -0.39 is 0 Å². The van der Waals surface area contributed by atoms with E-state index in [1.807, 2.05) is 24.4 Å². The largest absolute Gasteiger partial charge is 0.493 e. The Morgan fingerprint density at radius 2 is 2.19 bits per heavy atom. The molecule has 1 aliphatic rings. The lowest BCUT2D eigenvalue weighted by Gasteiger charge is -2.27. The number of rotatable bonds is 5. The second kappa shape index (κ2) is 7.17. The normalized spacial score (nSPS) is 16.0. The first kappa shape index (κ1) is 16.6. The van der Waals surface area contributed by atoms with Crippen molar-refractivity contribution in [3.63, 3.8) is 0 Å². The molecule has 2 aromatic carbocycles. The van der Waals surface area contributed by atoms with Crippen LogP contribution in [-0.2, 0) is 13.0 Å². The summed E-state index contributed by atoms with van der Waals surface area (Å²) in [6.07, 6.45) is 4.57. The molecule has 0 spiro atoms. The third kappa shape index (κ3) is 3.41. The molecule has 6 heteroatoms. The Balaban J connectivity index is 1.39. The monoisotopic (exact) mass is 353 g/mol. The number of fused-ring (bicyclic) bond motifs is 1. The van der Waals surface area contributed by atoms with E-state index in [1.54, 1.807) is 24.1 Å². The van der Waals surface area contributed by atoms with Gasteiger partial charge in [0.1, 0.15) is 12.4 Å². The summed E-state index contributed by atoms with van der Waals surface area (Å²) in [6, 6.07) is 12.6. The Kier molecular flexibility index (Phi) is 4.58. The van der Waals surface area contributed by atoms with Gasteiger partial charge in [-0.25, -0.2) is 9.07 Å². The van der Waals surface area contributed by atoms with Crippen molar-refractivity contribution in [1.29, 1.82) is 0 Å². The predicted molar refractivity (Wildman–Crippen MR) is 96.3 cm³/mol. The van der Waals surface area contributed by atoms with Gasteiger partial charge in [-0.15, -0.1) is 0 Å². The summed E-state index contributed by atoms with van der Waals surface area (Å²) >= 11 is 0. The van der Waals surface area contributed by atoms with Crippen LogP contribution in [0.4, 0.5) is 4.39 Å². The number of hydrogen-bond donors (Lipinski definition) is 1. The van der Waals surface area contributed by atoms with E-state index in [4.69, 9.17) is 9.47 Å². The summed E-state index contributed by atoms with van der Waals surface area (Å²) in [7, 11) is 1.65. The van der Waals surface area contributed by atoms with Gasteiger partial charge in [0.2, 0.25) is 0 Å². The van der Waals surface area contributed by atoms with Gasteiger partial charge in [0.15, 0.2) is 11.5 Å². The summed E-state index contributed by atoms with van der Waals surface area (Å²) in [5.74, 6) is 1.34. The predicted octanol–water partition coefficient (Wildman–Crippen LogP) is 3.11. The summed E-state index contributed by atoms with van der Waals surface area (Å²) in [5, 5.41) is 7.81. The lowest BCUT2D eigenvalue weighted by atomic mass is 10.0. The zero-order valence-electron chi connectivity index (χ0n) is 14.5. The van der Waals surface area contributed by atoms with Gasteiger partial charge in [-0.2, -0.15) is 5.10 Å². The summed E-state index contributed by atoms with van der Waals surface area (Å²) in [4.78, 5) is 0. The van der Waals surface area contributed by atoms with Gasteiger partial charge in [0, 0.05) is 24.3 Å². The van der Waals surface area contributed by atoms with Crippen molar-refractivity contribution in [2.45, 2.75) is 19.0 Å². The second-order valence-corrected chi connectivity index (χ2v) is 6.31. The molecule has 0 fully saturated rings. The molecule has 1 unspecified atom stereocenters. The molecule has 2 heterocycles. The van der Waals surface area contributed by atoms with Crippen molar-refractivity contribution in [2.24, 2.45) is 0 Å². The number of benzene rings is 2. The van der Waals surface area contributed by atoms with E-state index in [9.17, 15) is 4.39 Å². The number of methoxy groups -OCH3 is 1. The van der Waals surface area contributed by atoms with Crippen LogP contribution in [0.3, 0.4) is 0 Å². The minimum absolute atomic E-state index is 0.215. The number of ether oxygens (including phenoxy) is 2.